The van der Waals surface area contributed by atoms with Crippen LogP contribution < -0.4 is 10.2 Å². The number of nitrogens with zero attached hydrogens (tertiary/aromatic N) is 3. The summed E-state index contributed by atoms with van der Waals surface area (Å²) in [5.41, 5.74) is 5.97. The van der Waals surface area contributed by atoms with Crippen LogP contribution in [-0.4, -0.2) is 53.1 Å². The SMILES string of the molecule is Cc1cccc(-n2nc(-c3ccccc3)c3c2N(CC(=O)NC[C@H]2CCCO2)C(=O)CS[C@H]3c2cccc(F)c2)c1C. The molecule has 2 amide bonds. The molecule has 6 rings (SSSR count). The molecular formula is C33H33FN4O3S. The maximum atomic E-state index is 14.6. The van der Waals surface area contributed by atoms with Crippen LogP contribution in [0.4, 0.5) is 10.2 Å². The second kappa shape index (κ2) is 12.1. The molecule has 0 saturated carbocycles. The third-order valence-corrected chi connectivity index (χ3v) is 9.20. The number of rotatable bonds is 7. The van der Waals surface area contributed by atoms with E-state index in [0.717, 1.165) is 46.3 Å². The first-order valence-electron chi connectivity index (χ1n) is 14.2. The van der Waals surface area contributed by atoms with Gasteiger partial charge in [-0.3, -0.25) is 14.5 Å². The van der Waals surface area contributed by atoms with E-state index in [1.807, 2.05) is 68.4 Å². The van der Waals surface area contributed by atoms with Gasteiger partial charge in [0.25, 0.3) is 0 Å². The van der Waals surface area contributed by atoms with Crippen molar-refractivity contribution < 1.29 is 18.7 Å². The number of anilines is 1. The van der Waals surface area contributed by atoms with Gasteiger partial charge in [-0.05, 0) is 61.6 Å². The molecule has 2 aliphatic heterocycles. The number of carbonyl (C=O) groups excluding carboxylic acids is 2. The number of fused-ring (bicyclic) bond motifs is 1. The minimum Gasteiger partial charge on any atom is -0.376 e. The summed E-state index contributed by atoms with van der Waals surface area (Å²) >= 11 is 1.42. The first kappa shape index (κ1) is 28.2. The summed E-state index contributed by atoms with van der Waals surface area (Å²) < 4.78 is 22.0. The molecular weight excluding hydrogens is 551 g/mol. The summed E-state index contributed by atoms with van der Waals surface area (Å²) in [4.78, 5) is 28.8. The first-order chi connectivity index (χ1) is 20.4. The number of amides is 2. The van der Waals surface area contributed by atoms with Crippen LogP contribution in [0.1, 0.15) is 40.3 Å². The predicted octanol–water partition coefficient (Wildman–Crippen LogP) is 5.76. The smallest absolute Gasteiger partial charge is 0.240 e. The number of halogens is 1. The molecule has 2 atom stereocenters. The van der Waals surface area contributed by atoms with Gasteiger partial charge >= 0.3 is 0 Å². The molecule has 1 saturated heterocycles. The Bertz CT molecular complexity index is 1620. The lowest BCUT2D eigenvalue weighted by Gasteiger charge is -2.24. The van der Waals surface area contributed by atoms with Gasteiger partial charge in [0, 0.05) is 24.3 Å². The fourth-order valence-corrected chi connectivity index (χ4v) is 6.81. The molecule has 1 N–H and O–H groups in total. The molecule has 1 fully saturated rings. The number of hydrogen-bond acceptors (Lipinski definition) is 5. The van der Waals surface area contributed by atoms with Gasteiger partial charge in [0.2, 0.25) is 11.8 Å². The number of aryl methyl sites for hydroxylation is 1. The van der Waals surface area contributed by atoms with Crippen molar-refractivity contribution in [3.63, 3.8) is 0 Å². The van der Waals surface area contributed by atoms with Gasteiger partial charge in [-0.2, -0.15) is 5.10 Å². The van der Waals surface area contributed by atoms with E-state index in [2.05, 4.69) is 5.32 Å². The molecule has 2 aliphatic rings. The summed E-state index contributed by atoms with van der Waals surface area (Å²) in [6.45, 7) is 4.99. The lowest BCUT2D eigenvalue weighted by Crippen LogP contribution is -2.44. The van der Waals surface area contributed by atoms with E-state index < -0.39 is 5.25 Å². The molecule has 0 bridgehead atoms. The standard InChI is InChI=1S/C33H33FN4O3S/c1-21-9-6-15-27(22(21)2)38-33-30(31(36-38)23-10-4-3-5-11-23)32(24-12-7-13-25(34)17-24)42-20-29(40)37(33)19-28(39)35-18-26-14-8-16-41-26/h3-7,9-13,15,17,26,32H,8,14,16,18-20H2,1-2H3,(H,35,39)/t26-,32+/m1/s1. The van der Waals surface area contributed by atoms with Crippen LogP contribution >= 0.6 is 11.8 Å². The zero-order valence-corrected chi connectivity index (χ0v) is 24.5. The topological polar surface area (TPSA) is 76.5 Å². The number of benzene rings is 3. The van der Waals surface area contributed by atoms with E-state index in [-0.39, 0.29) is 36.0 Å². The summed E-state index contributed by atoms with van der Waals surface area (Å²) in [5, 5.41) is 7.71. The summed E-state index contributed by atoms with van der Waals surface area (Å²) in [5.74, 6) is -0.180. The molecule has 3 heterocycles. The van der Waals surface area contributed by atoms with Crippen molar-refractivity contribution in [3.05, 3.63) is 101 Å². The number of thioether (sulfide) groups is 1. The van der Waals surface area contributed by atoms with Crippen LogP contribution in [-0.2, 0) is 14.3 Å². The Morgan fingerprint density at radius 3 is 2.67 bits per heavy atom. The average molecular weight is 585 g/mol. The third-order valence-electron chi connectivity index (χ3n) is 7.94. The highest BCUT2D eigenvalue weighted by Crippen LogP contribution is 2.48. The van der Waals surface area contributed by atoms with E-state index in [1.165, 1.54) is 23.9 Å². The molecule has 0 radical (unpaired) electrons. The van der Waals surface area contributed by atoms with Gasteiger partial charge in [-0.1, -0.05) is 54.6 Å². The summed E-state index contributed by atoms with van der Waals surface area (Å²) in [6, 6.07) is 22.3. The zero-order chi connectivity index (χ0) is 29.2. The summed E-state index contributed by atoms with van der Waals surface area (Å²) in [6.07, 6.45) is 1.87. The predicted molar refractivity (Wildman–Crippen MR) is 164 cm³/mol. The molecule has 4 aromatic rings. The Hall–Kier alpha value is -3.95. The van der Waals surface area contributed by atoms with Crippen molar-refractivity contribution in [1.82, 2.24) is 15.1 Å². The minimum absolute atomic E-state index is 0.0117. The fraction of sp³-hybridized carbons (Fsp3) is 0.303. The normalized spacial score (nSPS) is 18.5. The van der Waals surface area contributed by atoms with Crippen LogP contribution in [0.15, 0.2) is 72.8 Å². The monoisotopic (exact) mass is 584 g/mol. The second-order valence-corrected chi connectivity index (χ2v) is 11.8. The van der Waals surface area contributed by atoms with Crippen LogP contribution in [0.2, 0.25) is 0 Å². The molecule has 0 unspecified atom stereocenters. The van der Waals surface area contributed by atoms with Crippen molar-refractivity contribution >= 4 is 29.4 Å². The summed E-state index contributed by atoms with van der Waals surface area (Å²) in [7, 11) is 0. The van der Waals surface area contributed by atoms with Crippen LogP contribution in [0.5, 0.6) is 0 Å². The quantitative estimate of drug-likeness (QED) is 0.299. The average Bonchev–Trinajstić information content (AvgIpc) is 3.63. The minimum atomic E-state index is -0.395. The third kappa shape index (κ3) is 5.58. The number of hydrogen-bond donors (Lipinski definition) is 1. The lowest BCUT2D eigenvalue weighted by atomic mass is 9.99. The van der Waals surface area contributed by atoms with Crippen molar-refractivity contribution in [1.29, 1.82) is 0 Å². The molecule has 7 nitrogen and oxygen atoms in total. The van der Waals surface area contributed by atoms with Crippen LogP contribution in [0.25, 0.3) is 16.9 Å². The van der Waals surface area contributed by atoms with Gasteiger partial charge in [-0.15, -0.1) is 11.8 Å². The maximum absolute atomic E-state index is 14.6. The highest BCUT2D eigenvalue weighted by Gasteiger charge is 2.38. The maximum Gasteiger partial charge on any atom is 0.240 e. The lowest BCUT2D eigenvalue weighted by molar-refractivity contribution is -0.123. The van der Waals surface area contributed by atoms with E-state index in [4.69, 9.17) is 9.84 Å². The van der Waals surface area contributed by atoms with Crippen molar-refractivity contribution in [2.45, 2.75) is 38.0 Å². The Morgan fingerprint density at radius 2 is 1.90 bits per heavy atom. The molecule has 216 valence electrons. The Kier molecular flexibility index (Phi) is 8.13. The molecule has 3 aromatic carbocycles. The number of nitrogens with one attached hydrogen (secondary N) is 1. The fourth-order valence-electron chi connectivity index (χ4n) is 5.63. The highest BCUT2D eigenvalue weighted by molar-refractivity contribution is 8.00. The van der Waals surface area contributed by atoms with Gasteiger partial charge in [0.15, 0.2) is 0 Å². The molecule has 1 aromatic heterocycles. The molecule has 0 aliphatic carbocycles. The van der Waals surface area contributed by atoms with E-state index in [0.29, 0.717) is 24.7 Å². The Morgan fingerprint density at radius 1 is 1.10 bits per heavy atom. The molecule has 9 heteroatoms. The van der Waals surface area contributed by atoms with Gasteiger partial charge in [-0.25, -0.2) is 9.07 Å². The van der Waals surface area contributed by atoms with Gasteiger partial charge in [0.1, 0.15) is 18.2 Å². The number of ether oxygens (including phenoxy) is 1. The van der Waals surface area contributed by atoms with Crippen molar-refractivity contribution in [2.75, 3.05) is 30.3 Å². The van der Waals surface area contributed by atoms with E-state index in [9.17, 15) is 14.0 Å². The van der Waals surface area contributed by atoms with Gasteiger partial charge < -0.3 is 10.1 Å². The Balaban J connectivity index is 1.55. The highest BCUT2D eigenvalue weighted by atomic mass is 32.2. The molecule has 42 heavy (non-hydrogen) atoms. The molecule has 0 spiro atoms. The van der Waals surface area contributed by atoms with E-state index >= 15 is 0 Å². The Labute approximate surface area is 249 Å². The zero-order valence-electron chi connectivity index (χ0n) is 23.7. The van der Waals surface area contributed by atoms with Crippen LogP contribution in [0.3, 0.4) is 0 Å². The van der Waals surface area contributed by atoms with Crippen LogP contribution in [0, 0.1) is 19.7 Å². The van der Waals surface area contributed by atoms with Crippen molar-refractivity contribution in [2.24, 2.45) is 0 Å². The van der Waals surface area contributed by atoms with Crippen molar-refractivity contribution in [3.8, 4) is 16.9 Å². The number of aromatic nitrogens is 2. The van der Waals surface area contributed by atoms with E-state index in [1.54, 1.807) is 15.6 Å². The second-order valence-electron chi connectivity index (χ2n) is 10.7. The number of carbonyl (C=O) groups is 2. The van der Waals surface area contributed by atoms with Gasteiger partial charge in [0.05, 0.1) is 28.5 Å². The first-order valence-corrected chi connectivity index (χ1v) is 15.3. The largest absolute Gasteiger partial charge is 0.376 e.